The summed E-state index contributed by atoms with van der Waals surface area (Å²) < 4.78 is 0. The van der Waals surface area contributed by atoms with Crippen LogP contribution in [0.5, 0.6) is 0 Å². The lowest BCUT2D eigenvalue weighted by Crippen LogP contribution is -2.22. The lowest BCUT2D eigenvalue weighted by atomic mass is 9.96. The van der Waals surface area contributed by atoms with Gasteiger partial charge in [0.25, 0.3) is 5.91 Å². The summed E-state index contributed by atoms with van der Waals surface area (Å²) in [7, 11) is 0. The van der Waals surface area contributed by atoms with Crippen LogP contribution < -0.4 is 5.32 Å². The van der Waals surface area contributed by atoms with E-state index in [9.17, 15) is 4.79 Å². The highest BCUT2D eigenvalue weighted by atomic mass is 32.2. The maximum atomic E-state index is 12.0. The van der Waals surface area contributed by atoms with Crippen molar-refractivity contribution in [1.29, 1.82) is 5.26 Å². The third-order valence-corrected chi connectivity index (χ3v) is 4.76. The fraction of sp³-hybridized carbons (Fsp3) is 0.353. The minimum absolute atomic E-state index is 0.109. The van der Waals surface area contributed by atoms with Gasteiger partial charge in [0.05, 0.1) is 22.6 Å². The van der Waals surface area contributed by atoms with Crippen LogP contribution in [-0.2, 0) is 4.79 Å². The topological polar surface area (TPSA) is 65.2 Å². The van der Waals surface area contributed by atoms with E-state index in [0.29, 0.717) is 21.7 Å². The van der Waals surface area contributed by atoms with Crippen LogP contribution >= 0.6 is 11.8 Å². The predicted molar refractivity (Wildman–Crippen MR) is 89.2 cm³/mol. The average Bonchev–Trinajstić information content (AvgIpc) is 2.88. The molecule has 1 heterocycles. The number of nitrogens with one attached hydrogen (secondary N) is 1. The summed E-state index contributed by atoms with van der Waals surface area (Å²) >= 11 is 1.39. The van der Waals surface area contributed by atoms with Crippen LogP contribution in [0.2, 0.25) is 0 Å². The van der Waals surface area contributed by atoms with E-state index >= 15 is 0 Å². The minimum atomic E-state index is -0.109. The summed E-state index contributed by atoms with van der Waals surface area (Å²) in [6.07, 6.45) is 7.78. The summed E-state index contributed by atoms with van der Waals surface area (Å²) in [4.78, 5) is 17.3. The van der Waals surface area contributed by atoms with E-state index in [0.717, 1.165) is 18.4 Å². The Bertz CT molecular complexity index is 681. The van der Waals surface area contributed by atoms with Gasteiger partial charge >= 0.3 is 0 Å². The number of nitrogens with zero attached hydrogens (tertiary/aromatic N) is 2. The van der Waals surface area contributed by atoms with Crippen LogP contribution in [0.1, 0.15) is 43.2 Å². The molecule has 1 aromatic carbocycles. The standard InChI is InChI=1S/C17H17N3OS/c18-11-13-6-4-5-12(9-13)10-15-16(21)20-17(22-15)19-14-7-2-1-3-8-14/h4-6,9-10,14H,1-3,7-8H2,(H,19,20,21). The summed E-state index contributed by atoms with van der Waals surface area (Å²) in [6.45, 7) is 0. The first-order chi connectivity index (χ1) is 10.7. The van der Waals surface area contributed by atoms with Crippen LogP contribution in [0.4, 0.5) is 0 Å². The Hall–Kier alpha value is -2.06. The molecular formula is C17H17N3OS. The molecule has 0 bridgehead atoms. The normalized spacial score (nSPS) is 22.8. The molecule has 3 rings (SSSR count). The summed E-state index contributed by atoms with van der Waals surface area (Å²) in [6, 6.07) is 9.68. The van der Waals surface area contributed by atoms with Crippen molar-refractivity contribution < 1.29 is 4.79 Å². The van der Waals surface area contributed by atoms with Crippen molar-refractivity contribution in [1.82, 2.24) is 5.32 Å². The Morgan fingerprint density at radius 3 is 2.91 bits per heavy atom. The van der Waals surface area contributed by atoms with E-state index in [1.165, 1.54) is 31.0 Å². The highest BCUT2D eigenvalue weighted by Crippen LogP contribution is 2.28. The van der Waals surface area contributed by atoms with E-state index in [4.69, 9.17) is 5.26 Å². The third kappa shape index (κ3) is 3.58. The van der Waals surface area contributed by atoms with E-state index in [2.05, 4.69) is 16.4 Å². The fourth-order valence-electron chi connectivity index (χ4n) is 2.71. The average molecular weight is 311 g/mol. The Kier molecular flexibility index (Phi) is 4.59. The molecule has 0 unspecified atom stereocenters. The van der Waals surface area contributed by atoms with Crippen LogP contribution in [0.15, 0.2) is 34.2 Å². The molecule has 2 aliphatic rings. The highest BCUT2D eigenvalue weighted by molar-refractivity contribution is 8.18. The van der Waals surface area contributed by atoms with Gasteiger partial charge in [-0.15, -0.1) is 0 Å². The molecular weight excluding hydrogens is 294 g/mol. The molecule has 0 radical (unpaired) electrons. The molecule has 1 aliphatic heterocycles. The maximum absolute atomic E-state index is 12.0. The highest BCUT2D eigenvalue weighted by Gasteiger charge is 2.25. The molecule has 1 N–H and O–H groups in total. The van der Waals surface area contributed by atoms with Gasteiger partial charge in [-0.05, 0) is 48.4 Å². The number of nitriles is 1. The largest absolute Gasteiger partial charge is 0.301 e. The molecule has 0 atom stereocenters. The number of hydrogen-bond acceptors (Lipinski definition) is 4. The van der Waals surface area contributed by atoms with Crippen molar-refractivity contribution >= 4 is 28.9 Å². The smallest absolute Gasteiger partial charge is 0.264 e. The Morgan fingerprint density at radius 2 is 2.14 bits per heavy atom. The number of carbonyl (C=O) groups excluding carboxylic acids is 1. The van der Waals surface area contributed by atoms with Gasteiger partial charge in [0, 0.05) is 0 Å². The molecule has 4 nitrogen and oxygen atoms in total. The summed E-state index contributed by atoms with van der Waals surface area (Å²) in [5.41, 5.74) is 1.45. The number of aliphatic imine (C=N–C) groups is 1. The van der Waals surface area contributed by atoms with E-state index in [-0.39, 0.29) is 5.91 Å². The molecule has 1 aromatic rings. The lowest BCUT2D eigenvalue weighted by molar-refractivity contribution is -0.115. The zero-order valence-corrected chi connectivity index (χ0v) is 13.0. The number of rotatable bonds is 2. The molecule has 1 aliphatic carbocycles. The van der Waals surface area contributed by atoms with Crippen molar-refractivity contribution in [3.63, 3.8) is 0 Å². The Balaban J connectivity index is 1.75. The molecule has 1 amide bonds. The minimum Gasteiger partial charge on any atom is -0.301 e. The van der Waals surface area contributed by atoms with Crippen molar-refractivity contribution in [3.8, 4) is 6.07 Å². The first-order valence-corrected chi connectivity index (χ1v) is 8.35. The van der Waals surface area contributed by atoms with Crippen LogP contribution in [0.25, 0.3) is 6.08 Å². The van der Waals surface area contributed by atoms with E-state index in [1.54, 1.807) is 12.1 Å². The molecule has 22 heavy (non-hydrogen) atoms. The van der Waals surface area contributed by atoms with Crippen molar-refractivity contribution in [3.05, 3.63) is 40.3 Å². The second-order valence-electron chi connectivity index (χ2n) is 5.53. The Labute approximate surface area is 134 Å². The zero-order valence-electron chi connectivity index (χ0n) is 12.2. The Morgan fingerprint density at radius 1 is 1.32 bits per heavy atom. The van der Waals surface area contributed by atoms with Gasteiger partial charge in [0.1, 0.15) is 0 Å². The second kappa shape index (κ2) is 6.80. The van der Waals surface area contributed by atoms with Gasteiger partial charge in [0.15, 0.2) is 5.17 Å². The van der Waals surface area contributed by atoms with Gasteiger partial charge in [-0.3, -0.25) is 9.79 Å². The van der Waals surface area contributed by atoms with Gasteiger partial charge < -0.3 is 5.32 Å². The number of benzene rings is 1. The van der Waals surface area contributed by atoms with Crippen molar-refractivity contribution in [2.24, 2.45) is 4.99 Å². The lowest BCUT2D eigenvalue weighted by Gasteiger charge is -2.17. The van der Waals surface area contributed by atoms with Gasteiger partial charge in [-0.25, -0.2) is 0 Å². The first-order valence-electron chi connectivity index (χ1n) is 7.53. The molecule has 1 saturated heterocycles. The van der Waals surface area contributed by atoms with Gasteiger partial charge in [-0.2, -0.15) is 5.26 Å². The molecule has 1 saturated carbocycles. The molecule has 0 spiro atoms. The van der Waals surface area contributed by atoms with E-state index in [1.807, 2.05) is 18.2 Å². The van der Waals surface area contributed by atoms with Crippen molar-refractivity contribution in [2.45, 2.75) is 38.1 Å². The van der Waals surface area contributed by atoms with E-state index < -0.39 is 0 Å². The predicted octanol–water partition coefficient (Wildman–Crippen LogP) is 3.45. The van der Waals surface area contributed by atoms with Crippen LogP contribution in [0, 0.1) is 11.3 Å². The van der Waals surface area contributed by atoms with Crippen LogP contribution in [0.3, 0.4) is 0 Å². The van der Waals surface area contributed by atoms with Gasteiger partial charge in [0.2, 0.25) is 0 Å². The maximum Gasteiger partial charge on any atom is 0.264 e. The quantitative estimate of drug-likeness (QED) is 0.851. The molecule has 5 heteroatoms. The fourth-order valence-corrected chi connectivity index (χ4v) is 3.61. The second-order valence-corrected chi connectivity index (χ2v) is 6.56. The number of thioether (sulfide) groups is 1. The zero-order chi connectivity index (χ0) is 15.4. The number of hydrogen-bond donors (Lipinski definition) is 1. The summed E-state index contributed by atoms with van der Waals surface area (Å²) in [5, 5.41) is 12.5. The molecule has 0 aromatic heterocycles. The summed E-state index contributed by atoms with van der Waals surface area (Å²) in [5.74, 6) is -0.109. The van der Waals surface area contributed by atoms with Crippen LogP contribution in [-0.4, -0.2) is 17.1 Å². The monoisotopic (exact) mass is 311 g/mol. The number of amidine groups is 1. The third-order valence-electron chi connectivity index (χ3n) is 3.84. The van der Waals surface area contributed by atoms with Gasteiger partial charge in [-0.1, -0.05) is 31.4 Å². The first kappa shape index (κ1) is 14.9. The molecule has 112 valence electrons. The SMILES string of the molecule is N#Cc1cccc(C=C2SC(=NC3CCCCC3)NC2=O)c1. The number of amides is 1. The molecule has 2 fully saturated rings. The number of carbonyl (C=O) groups is 1. The van der Waals surface area contributed by atoms with Crippen molar-refractivity contribution in [2.75, 3.05) is 0 Å².